The summed E-state index contributed by atoms with van der Waals surface area (Å²) in [5, 5.41) is 3.96. The van der Waals surface area contributed by atoms with Crippen LogP contribution >= 0.6 is 11.6 Å². The standard InChI is InChI=1S/C17H25ClFN/c1-3-12-6-5-7-13(10-12)17(20-4-2)15-9-8-14(18)11-16(15)19/h8-9,11-13,17,20H,3-7,10H2,1-2H3. The fraction of sp³-hybridized carbons (Fsp3) is 0.647. The molecule has 3 atom stereocenters. The van der Waals surface area contributed by atoms with Crippen molar-refractivity contribution in [2.24, 2.45) is 11.8 Å². The maximum atomic E-state index is 14.2. The largest absolute Gasteiger partial charge is 0.310 e. The molecule has 1 aliphatic carbocycles. The van der Waals surface area contributed by atoms with Gasteiger partial charge < -0.3 is 5.32 Å². The maximum absolute atomic E-state index is 14.2. The van der Waals surface area contributed by atoms with Crippen LogP contribution in [0.2, 0.25) is 5.02 Å². The molecule has 1 N–H and O–H groups in total. The van der Waals surface area contributed by atoms with Crippen molar-refractivity contribution in [1.29, 1.82) is 0 Å². The van der Waals surface area contributed by atoms with Gasteiger partial charge in [0.1, 0.15) is 5.82 Å². The summed E-state index contributed by atoms with van der Waals surface area (Å²) < 4.78 is 14.2. The Labute approximate surface area is 126 Å². The molecule has 0 heterocycles. The molecular weight excluding hydrogens is 273 g/mol. The van der Waals surface area contributed by atoms with Crippen LogP contribution in [0.3, 0.4) is 0 Å². The van der Waals surface area contributed by atoms with E-state index in [2.05, 4.69) is 19.2 Å². The average molecular weight is 298 g/mol. The highest BCUT2D eigenvalue weighted by molar-refractivity contribution is 6.30. The molecule has 0 amide bonds. The molecule has 1 saturated carbocycles. The van der Waals surface area contributed by atoms with E-state index >= 15 is 0 Å². The van der Waals surface area contributed by atoms with Gasteiger partial charge in [0, 0.05) is 16.6 Å². The van der Waals surface area contributed by atoms with Crippen molar-refractivity contribution in [1.82, 2.24) is 5.32 Å². The van der Waals surface area contributed by atoms with E-state index in [1.807, 2.05) is 6.07 Å². The van der Waals surface area contributed by atoms with Crippen LogP contribution in [-0.2, 0) is 0 Å². The summed E-state index contributed by atoms with van der Waals surface area (Å²) in [6.45, 7) is 5.21. The van der Waals surface area contributed by atoms with Crippen LogP contribution in [0, 0.1) is 17.7 Å². The van der Waals surface area contributed by atoms with Gasteiger partial charge in [-0.15, -0.1) is 0 Å². The minimum atomic E-state index is -0.179. The average Bonchev–Trinajstić information content (AvgIpc) is 2.45. The summed E-state index contributed by atoms with van der Waals surface area (Å²) in [5.74, 6) is 1.15. The Morgan fingerprint density at radius 1 is 1.35 bits per heavy atom. The van der Waals surface area contributed by atoms with Gasteiger partial charge in [0.15, 0.2) is 0 Å². The van der Waals surface area contributed by atoms with Gasteiger partial charge in [-0.05, 0) is 43.4 Å². The summed E-state index contributed by atoms with van der Waals surface area (Å²) in [5.41, 5.74) is 0.776. The molecule has 2 rings (SSSR count). The predicted octanol–water partition coefficient (Wildman–Crippen LogP) is 5.35. The monoisotopic (exact) mass is 297 g/mol. The molecule has 0 spiro atoms. The lowest BCUT2D eigenvalue weighted by Gasteiger charge is -2.35. The molecular formula is C17H25ClFN. The molecule has 0 aliphatic heterocycles. The van der Waals surface area contributed by atoms with Gasteiger partial charge in [0.05, 0.1) is 0 Å². The Kier molecular flexibility index (Phi) is 5.86. The van der Waals surface area contributed by atoms with Crippen molar-refractivity contribution >= 4 is 11.6 Å². The zero-order valence-corrected chi connectivity index (χ0v) is 13.2. The molecule has 0 saturated heterocycles. The van der Waals surface area contributed by atoms with Crippen LogP contribution < -0.4 is 5.32 Å². The third kappa shape index (κ3) is 3.73. The molecule has 0 radical (unpaired) electrons. The third-order valence-corrected chi connectivity index (χ3v) is 4.83. The number of hydrogen-bond donors (Lipinski definition) is 1. The van der Waals surface area contributed by atoms with E-state index in [0.29, 0.717) is 10.9 Å². The van der Waals surface area contributed by atoms with Gasteiger partial charge in [0.25, 0.3) is 0 Å². The smallest absolute Gasteiger partial charge is 0.129 e. The molecule has 1 aliphatic rings. The van der Waals surface area contributed by atoms with Crippen LogP contribution in [0.25, 0.3) is 0 Å². The molecule has 3 heteroatoms. The maximum Gasteiger partial charge on any atom is 0.129 e. The van der Waals surface area contributed by atoms with E-state index < -0.39 is 0 Å². The van der Waals surface area contributed by atoms with Gasteiger partial charge >= 0.3 is 0 Å². The minimum Gasteiger partial charge on any atom is -0.310 e. The number of hydrogen-bond acceptors (Lipinski definition) is 1. The quantitative estimate of drug-likeness (QED) is 0.773. The summed E-state index contributed by atoms with van der Waals surface area (Å²) in [6, 6.07) is 5.19. The lowest BCUT2D eigenvalue weighted by Crippen LogP contribution is -2.32. The highest BCUT2D eigenvalue weighted by Crippen LogP contribution is 2.39. The minimum absolute atomic E-state index is 0.117. The first-order chi connectivity index (χ1) is 9.65. The van der Waals surface area contributed by atoms with Gasteiger partial charge in [-0.2, -0.15) is 0 Å². The second-order valence-electron chi connectivity index (χ2n) is 5.90. The third-order valence-electron chi connectivity index (χ3n) is 4.59. The molecule has 112 valence electrons. The zero-order valence-electron chi connectivity index (χ0n) is 12.5. The first kappa shape index (κ1) is 15.8. The van der Waals surface area contributed by atoms with Crippen molar-refractivity contribution in [3.63, 3.8) is 0 Å². The van der Waals surface area contributed by atoms with Gasteiger partial charge in [0.2, 0.25) is 0 Å². The lowest BCUT2D eigenvalue weighted by molar-refractivity contribution is 0.208. The van der Waals surface area contributed by atoms with Crippen LogP contribution in [0.5, 0.6) is 0 Å². The molecule has 20 heavy (non-hydrogen) atoms. The van der Waals surface area contributed by atoms with Gasteiger partial charge in [-0.3, -0.25) is 0 Å². The molecule has 1 aromatic rings. The van der Waals surface area contributed by atoms with Crippen LogP contribution in [0.4, 0.5) is 4.39 Å². The zero-order chi connectivity index (χ0) is 14.5. The van der Waals surface area contributed by atoms with E-state index in [0.717, 1.165) is 18.0 Å². The fourth-order valence-corrected chi connectivity index (χ4v) is 3.67. The van der Waals surface area contributed by atoms with Crippen molar-refractivity contribution in [2.75, 3.05) is 6.54 Å². The topological polar surface area (TPSA) is 12.0 Å². The summed E-state index contributed by atoms with van der Waals surface area (Å²) in [6.07, 6.45) is 6.22. The Morgan fingerprint density at radius 3 is 2.80 bits per heavy atom. The first-order valence-electron chi connectivity index (χ1n) is 7.84. The molecule has 1 nitrogen and oxygen atoms in total. The van der Waals surface area contributed by atoms with E-state index in [9.17, 15) is 4.39 Å². The molecule has 0 aromatic heterocycles. The van der Waals surface area contributed by atoms with E-state index in [1.54, 1.807) is 6.07 Å². The van der Waals surface area contributed by atoms with E-state index in [-0.39, 0.29) is 11.9 Å². The lowest BCUT2D eigenvalue weighted by atomic mass is 9.75. The number of nitrogens with one attached hydrogen (secondary N) is 1. The van der Waals surface area contributed by atoms with Gasteiger partial charge in [-0.1, -0.05) is 50.8 Å². The molecule has 1 aromatic carbocycles. The molecule has 1 fully saturated rings. The van der Waals surface area contributed by atoms with Gasteiger partial charge in [-0.25, -0.2) is 4.39 Å². The second kappa shape index (κ2) is 7.42. The first-order valence-corrected chi connectivity index (χ1v) is 8.21. The van der Waals surface area contributed by atoms with E-state index in [4.69, 9.17) is 11.6 Å². The highest BCUT2D eigenvalue weighted by atomic mass is 35.5. The normalized spacial score (nSPS) is 24.6. The predicted molar refractivity (Wildman–Crippen MR) is 83.6 cm³/mol. The molecule has 0 bridgehead atoms. The SMILES string of the molecule is CCNC(c1ccc(Cl)cc1F)C1CCCC(CC)C1. The number of rotatable bonds is 5. The Hall–Kier alpha value is -0.600. The van der Waals surface area contributed by atoms with Crippen molar-refractivity contribution in [3.8, 4) is 0 Å². The Bertz CT molecular complexity index is 435. The summed E-state index contributed by atoms with van der Waals surface area (Å²) in [4.78, 5) is 0. The second-order valence-corrected chi connectivity index (χ2v) is 6.34. The summed E-state index contributed by atoms with van der Waals surface area (Å²) >= 11 is 5.87. The summed E-state index contributed by atoms with van der Waals surface area (Å²) in [7, 11) is 0. The fourth-order valence-electron chi connectivity index (χ4n) is 3.51. The molecule has 3 unspecified atom stereocenters. The van der Waals surface area contributed by atoms with E-state index in [1.165, 1.54) is 38.2 Å². The van der Waals surface area contributed by atoms with Crippen molar-refractivity contribution in [3.05, 3.63) is 34.6 Å². The van der Waals surface area contributed by atoms with Crippen LogP contribution in [0.1, 0.15) is 57.6 Å². The highest BCUT2D eigenvalue weighted by Gasteiger charge is 2.29. The number of halogens is 2. The van der Waals surface area contributed by atoms with Crippen LogP contribution in [-0.4, -0.2) is 6.54 Å². The van der Waals surface area contributed by atoms with Crippen molar-refractivity contribution in [2.45, 2.75) is 52.0 Å². The Morgan fingerprint density at radius 2 is 2.15 bits per heavy atom. The number of benzene rings is 1. The van der Waals surface area contributed by atoms with Crippen molar-refractivity contribution < 1.29 is 4.39 Å². The van der Waals surface area contributed by atoms with Crippen LogP contribution in [0.15, 0.2) is 18.2 Å². The Balaban J connectivity index is 2.21.